The summed E-state index contributed by atoms with van der Waals surface area (Å²) < 4.78 is 26.4. The molecule has 2 aromatic carbocycles. The van der Waals surface area contributed by atoms with Crippen LogP contribution in [0.3, 0.4) is 0 Å². The molecular formula is C22H28N2O3S. The number of nitrogens with zero attached hydrogens (tertiary/aromatic N) is 1. The van der Waals surface area contributed by atoms with Gasteiger partial charge in [0.05, 0.1) is 11.8 Å². The lowest BCUT2D eigenvalue weighted by atomic mass is 9.99. The number of amides is 1. The van der Waals surface area contributed by atoms with E-state index in [1.807, 2.05) is 20.8 Å². The van der Waals surface area contributed by atoms with Crippen LogP contribution in [0.5, 0.6) is 0 Å². The van der Waals surface area contributed by atoms with E-state index in [2.05, 4.69) is 23.5 Å². The highest BCUT2D eigenvalue weighted by atomic mass is 32.2. The minimum absolute atomic E-state index is 0.0201. The second kappa shape index (κ2) is 8.45. The lowest BCUT2D eigenvalue weighted by Gasteiger charge is -2.18. The Labute approximate surface area is 167 Å². The topological polar surface area (TPSA) is 66.5 Å². The fourth-order valence-corrected chi connectivity index (χ4v) is 5.22. The molecular weight excluding hydrogens is 372 g/mol. The monoisotopic (exact) mass is 400 g/mol. The number of hydrogen-bond acceptors (Lipinski definition) is 3. The van der Waals surface area contributed by atoms with E-state index in [1.54, 1.807) is 28.6 Å². The van der Waals surface area contributed by atoms with Crippen LogP contribution in [0.2, 0.25) is 0 Å². The number of carbonyl (C=O) groups is 1. The lowest BCUT2D eigenvalue weighted by molar-refractivity contribution is 0.0940. The van der Waals surface area contributed by atoms with Crippen molar-refractivity contribution in [2.75, 3.05) is 13.1 Å². The van der Waals surface area contributed by atoms with Crippen LogP contribution in [0.15, 0.2) is 42.5 Å². The summed E-state index contributed by atoms with van der Waals surface area (Å²) in [5.41, 5.74) is 4.62. The third-order valence-electron chi connectivity index (χ3n) is 5.27. The van der Waals surface area contributed by atoms with Gasteiger partial charge in [0.15, 0.2) is 0 Å². The molecule has 0 spiro atoms. The Hall–Kier alpha value is -2.18. The fourth-order valence-electron chi connectivity index (χ4n) is 3.60. The van der Waals surface area contributed by atoms with Crippen molar-refractivity contribution in [3.8, 4) is 0 Å². The van der Waals surface area contributed by atoms with Gasteiger partial charge in [-0.15, -0.1) is 0 Å². The Morgan fingerprint density at radius 1 is 1.07 bits per heavy atom. The zero-order chi connectivity index (χ0) is 20.3. The minimum Gasteiger partial charge on any atom is -0.346 e. The van der Waals surface area contributed by atoms with Crippen molar-refractivity contribution in [2.45, 2.75) is 45.4 Å². The normalized spacial score (nSPS) is 16.1. The fraction of sp³-hybridized carbons (Fsp3) is 0.409. The zero-order valence-electron chi connectivity index (χ0n) is 16.7. The molecule has 1 aliphatic rings. The van der Waals surface area contributed by atoms with Gasteiger partial charge in [0.1, 0.15) is 0 Å². The van der Waals surface area contributed by atoms with E-state index in [1.165, 1.54) is 0 Å². The molecule has 0 saturated carbocycles. The molecule has 0 unspecified atom stereocenters. The second-order valence-corrected chi connectivity index (χ2v) is 9.58. The molecule has 5 nitrogen and oxygen atoms in total. The number of hydrogen-bond donors (Lipinski definition) is 1. The van der Waals surface area contributed by atoms with Gasteiger partial charge in [0.25, 0.3) is 5.91 Å². The standard InChI is InChI=1S/C22H28N2O3S/c1-16-6-7-17(2)21(14-16)18(3)23-22(25)20-10-8-19(9-11-20)15-28(26,27)24-12-4-5-13-24/h6-11,14,18H,4-5,12-13,15H2,1-3H3,(H,23,25)/t18-/m0/s1. The zero-order valence-corrected chi connectivity index (χ0v) is 17.6. The van der Waals surface area contributed by atoms with E-state index in [4.69, 9.17) is 0 Å². The van der Waals surface area contributed by atoms with Crippen molar-refractivity contribution >= 4 is 15.9 Å². The van der Waals surface area contributed by atoms with Gasteiger partial charge in [-0.05, 0) is 62.4 Å². The second-order valence-electron chi connectivity index (χ2n) is 7.61. The Kier molecular flexibility index (Phi) is 6.20. The van der Waals surface area contributed by atoms with Crippen LogP contribution in [0.25, 0.3) is 0 Å². The Balaban J connectivity index is 1.65. The molecule has 150 valence electrons. The van der Waals surface area contributed by atoms with Crippen molar-refractivity contribution < 1.29 is 13.2 Å². The van der Waals surface area contributed by atoms with E-state index in [-0.39, 0.29) is 17.7 Å². The highest BCUT2D eigenvalue weighted by Crippen LogP contribution is 2.20. The first-order valence-electron chi connectivity index (χ1n) is 9.71. The third kappa shape index (κ3) is 4.80. The van der Waals surface area contributed by atoms with E-state index < -0.39 is 10.0 Å². The molecule has 1 N–H and O–H groups in total. The average Bonchev–Trinajstić information content (AvgIpc) is 3.19. The van der Waals surface area contributed by atoms with Crippen LogP contribution in [-0.2, 0) is 15.8 Å². The molecule has 2 aromatic rings. The number of carbonyl (C=O) groups excluding carboxylic acids is 1. The van der Waals surface area contributed by atoms with Gasteiger partial charge in [-0.25, -0.2) is 12.7 Å². The molecule has 6 heteroatoms. The quantitative estimate of drug-likeness (QED) is 0.804. The Bertz CT molecular complexity index is 946. The van der Waals surface area contributed by atoms with Gasteiger partial charge >= 0.3 is 0 Å². The van der Waals surface area contributed by atoms with E-state index in [9.17, 15) is 13.2 Å². The van der Waals surface area contributed by atoms with E-state index >= 15 is 0 Å². The lowest BCUT2D eigenvalue weighted by Crippen LogP contribution is -2.29. The molecule has 0 aliphatic carbocycles. The summed E-state index contributed by atoms with van der Waals surface area (Å²) in [6.07, 6.45) is 1.86. The Morgan fingerprint density at radius 3 is 2.36 bits per heavy atom. The predicted molar refractivity (Wildman–Crippen MR) is 112 cm³/mol. The summed E-state index contributed by atoms with van der Waals surface area (Å²) in [6, 6.07) is 12.9. The van der Waals surface area contributed by atoms with Crippen LogP contribution in [0.1, 0.15) is 58.4 Å². The summed E-state index contributed by atoms with van der Waals surface area (Å²) in [5.74, 6) is -0.185. The summed E-state index contributed by atoms with van der Waals surface area (Å²) in [7, 11) is -3.28. The maximum absolute atomic E-state index is 12.6. The molecule has 1 saturated heterocycles. The van der Waals surface area contributed by atoms with Gasteiger partial charge in [-0.2, -0.15) is 0 Å². The summed E-state index contributed by atoms with van der Waals surface area (Å²) >= 11 is 0. The number of aryl methyl sites for hydroxylation is 2. The number of benzene rings is 2. The maximum Gasteiger partial charge on any atom is 0.251 e. The molecule has 1 aliphatic heterocycles. The molecule has 0 radical (unpaired) electrons. The molecule has 1 fully saturated rings. The molecule has 28 heavy (non-hydrogen) atoms. The maximum atomic E-state index is 12.6. The number of nitrogens with one attached hydrogen (secondary N) is 1. The van der Waals surface area contributed by atoms with Crippen molar-refractivity contribution in [3.63, 3.8) is 0 Å². The van der Waals surface area contributed by atoms with Gasteiger partial charge in [0.2, 0.25) is 10.0 Å². The molecule has 0 aromatic heterocycles. The third-order valence-corrected chi connectivity index (χ3v) is 7.12. The van der Waals surface area contributed by atoms with Crippen molar-refractivity contribution in [2.24, 2.45) is 0 Å². The predicted octanol–water partition coefficient (Wildman–Crippen LogP) is 3.72. The van der Waals surface area contributed by atoms with Gasteiger partial charge in [-0.1, -0.05) is 35.9 Å². The number of rotatable bonds is 6. The summed E-state index contributed by atoms with van der Waals surface area (Å²) in [4.78, 5) is 12.6. The number of sulfonamides is 1. The van der Waals surface area contributed by atoms with Crippen molar-refractivity contribution in [1.29, 1.82) is 0 Å². The largest absolute Gasteiger partial charge is 0.346 e. The first-order valence-corrected chi connectivity index (χ1v) is 11.3. The van der Waals surface area contributed by atoms with Gasteiger partial charge < -0.3 is 5.32 Å². The van der Waals surface area contributed by atoms with Crippen LogP contribution in [-0.4, -0.2) is 31.7 Å². The van der Waals surface area contributed by atoms with Crippen LogP contribution in [0.4, 0.5) is 0 Å². The average molecular weight is 401 g/mol. The van der Waals surface area contributed by atoms with Gasteiger partial charge in [0, 0.05) is 18.7 Å². The smallest absolute Gasteiger partial charge is 0.251 e. The van der Waals surface area contributed by atoms with Crippen molar-refractivity contribution in [1.82, 2.24) is 9.62 Å². The Morgan fingerprint density at radius 2 is 1.71 bits per heavy atom. The van der Waals surface area contributed by atoms with Crippen LogP contribution >= 0.6 is 0 Å². The SMILES string of the molecule is Cc1ccc(C)c([C@H](C)NC(=O)c2ccc(CS(=O)(=O)N3CCCC3)cc2)c1. The minimum atomic E-state index is -3.28. The highest BCUT2D eigenvalue weighted by Gasteiger charge is 2.25. The van der Waals surface area contributed by atoms with Crippen molar-refractivity contribution in [3.05, 3.63) is 70.3 Å². The molecule has 3 rings (SSSR count). The first kappa shape index (κ1) is 20.6. The van der Waals surface area contributed by atoms with Crippen LogP contribution in [0, 0.1) is 13.8 Å². The molecule has 0 bridgehead atoms. The molecule has 1 amide bonds. The first-order chi connectivity index (χ1) is 13.3. The highest BCUT2D eigenvalue weighted by molar-refractivity contribution is 7.88. The van der Waals surface area contributed by atoms with Gasteiger partial charge in [-0.3, -0.25) is 4.79 Å². The molecule has 1 atom stereocenters. The summed E-state index contributed by atoms with van der Waals surface area (Å²) in [6.45, 7) is 7.26. The summed E-state index contributed by atoms with van der Waals surface area (Å²) in [5, 5.41) is 3.03. The van der Waals surface area contributed by atoms with E-state index in [0.717, 1.165) is 29.5 Å². The van der Waals surface area contributed by atoms with E-state index in [0.29, 0.717) is 24.2 Å². The molecule has 1 heterocycles. The van der Waals surface area contributed by atoms with Crippen LogP contribution < -0.4 is 5.32 Å².